The van der Waals surface area contributed by atoms with Gasteiger partial charge in [-0.25, -0.2) is 0 Å². The third kappa shape index (κ3) is 1.04. The number of fused-ring (bicyclic) bond motifs is 1. The van der Waals surface area contributed by atoms with Crippen molar-refractivity contribution in [3.63, 3.8) is 0 Å². The van der Waals surface area contributed by atoms with E-state index in [-0.39, 0.29) is 5.06 Å². The van der Waals surface area contributed by atoms with E-state index in [4.69, 9.17) is 0 Å². The van der Waals surface area contributed by atoms with Crippen LogP contribution < -0.4 is 0 Å². The Labute approximate surface area is 80.7 Å². The number of imide groups is 1. The molecule has 1 unspecified atom stereocenters. The summed E-state index contributed by atoms with van der Waals surface area (Å²) in [6.07, 6.45) is 0. The summed E-state index contributed by atoms with van der Waals surface area (Å²) < 4.78 is 0. The highest BCUT2D eigenvalue weighted by atomic mass is 16.5. The van der Waals surface area contributed by atoms with Crippen LogP contribution in [0.3, 0.4) is 0 Å². The lowest BCUT2D eigenvalue weighted by atomic mass is 9.91. The molecule has 1 aliphatic rings. The SMILES string of the molecule is CC1C(=O)N(O)C(=O)c2ccccc21. The Morgan fingerprint density at radius 1 is 1.29 bits per heavy atom. The molecule has 0 saturated carbocycles. The van der Waals surface area contributed by atoms with Crippen LogP contribution in [0.15, 0.2) is 24.3 Å². The van der Waals surface area contributed by atoms with Gasteiger partial charge in [0.05, 0.1) is 5.92 Å². The maximum absolute atomic E-state index is 11.4. The van der Waals surface area contributed by atoms with Gasteiger partial charge >= 0.3 is 0 Å². The molecule has 0 aliphatic carbocycles. The van der Waals surface area contributed by atoms with Crippen LogP contribution in [-0.4, -0.2) is 22.1 Å². The smallest absolute Gasteiger partial charge is 0.278 e. The summed E-state index contributed by atoms with van der Waals surface area (Å²) in [6.45, 7) is 1.66. The van der Waals surface area contributed by atoms with Crippen molar-refractivity contribution in [1.82, 2.24) is 5.06 Å². The first-order valence-electron chi connectivity index (χ1n) is 4.29. The number of rotatable bonds is 0. The molecule has 0 radical (unpaired) electrons. The normalized spacial score (nSPS) is 21.0. The molecule has 0 bridgehead atoms. The predicted molar refractivity (Wildman–Crippen MR) is 47.8 cm³/mol. The van der Waals surface area contributed by atoms with Gasteiger partial charge in [0.2, 0.25) is 0 Å². The molecule has 0 aromatic heterocycles. The number of carbonyl (C=O) groups is 2. The zero-order valence-corrected chi connectivity index (χ0v) is 7.60. The summed E-state index contributed by atoms with van der Waals surface area (Å²) in [7, 11) is 0. The highest BCUT2D eigenvalue weighted by Crippen LogP contribution is 2.27. The molecule has 0 saturated heterocycles. The molecule has 1 aromatic rings. The minimum atomic E-state index is -0.649. The number of carbonyl (C=O) groups excluding carboxylic acids is 2. The zero-order valence-electron chi connectivity index (χ0n) is 7.60. The van der Waals surface area contributed by atoms with Crippen molar-refractivity contribution in [2.75, 3.05) is 0 Å². The topological polar surface area (TPSA) is 57.6 Å². The molecular formula is C10H9NO3. The largest absolute Gasteiger partial charge is 0.284 e. The highest BCUT2D eigenvalue weighted by molar-refractivity contribution is 6.10. The maximum Gasteiger partial charge on any atom is 0.284 e. The van der Waals surface area contributed by atoms with Crippen LogP contribution in [0.4, 0.5) is 0 Å². The van der Waals surface area contributed by atoms with Gasteiger partial charge in [0.15, 0.2) is 0 Å². The standard InChI is InChI=1S/C10H9NO3/c1-6-7-4-2-3-5-8(7)10(13)11(14)9(6)12/h2-6,14H,1H3. The second kappa shape index (κ2) is 2.92. The predicted octanol–water partition coefficient (Wildman–Crippen LogP) is 1.16. The molecule has 4 nitrogen and oxygen atoms in total. The van der Waals surface area contributed by atoms with Crippen LogP contribution in [0.2, 0.25) is 0 Å². The molecule has 4 heteroatoms. The molecule has 72 valence electrons. The first-order chi connectivity index (χ1) is 6.63. The Balaban J connectivity index is 2.62. The molecule has 1 heterocycles. The number of amides is 2. The van der Waals surface area contributed by atoms with Gasteiger partial charge in [-0.05, 0) is 18.6 Å². The van der Waals surface area contributed by atoms with Crippen molar-refractivity contribution >= 4 is 11.8 Å². The first-order valence-corrected chi connectivity index (χ1v) is 4.29. The van der Waals surface area contributed by atoms with E-state index in [0.29, 0.717) is 11.1 Å². The van der Waals surface area contributed by atoms with E-state index in [1.165, 1.54) is 0 Å². The fourth-order valence-electron chi connectivity index (χ4n) is 1.60. The summed E-state index contributed by atoms with van der Waals surface area (Å²) in [4.78, 5) is 22.8. The number of hydrogen-bond acceptors (Lipinski definition) is 3. The number of hydrogen-bond donors (Lipinski definition) is 1. The molecule has 1 aromatic carbocycles. The van der Waals surface area contributed by atoms with Gasteiger partial charge in [0, 0.05) is 5.56 Å². The molecule has 1 N–H and O–H groups in total. The van der Waals surface area contributed by atoms with Gasteiger partial charge in [0.25, 0.3) is 11.8 Å². The van der Waals surface area contributed by atoms with Gasteiger partial charge in [-0.1, -0.05) is 18.2 Å². The third-order valence-corrected chi connectivity index (χ3v) is 2.43. The highest BCUT2D eigenvalue weighted by Gasteiger charge is 2.35. The Kier molecular flexibility index (Phi) is 1.86. The van der Waals surface area contributed by atoms with Gasteiger partial charge in [-0.15, -0.1) is 0 Å². The number of hydroxylamine groups is 2. The summed E-state index contributed by atoms with van der Waals surface area (Å²) in [5.41, 5.74) is 1.06. The average Bonchev–Trinajstić information content (AvgIpc) is 2.23. The Morgan fingerprint density at radius 3 is 2.64 bits per heavy atom. The van der Waals surface area contributed by atoms with E-state index in [0.717, 1.165) is 0 Å². The van der Waals surface area contributed by atoms with E-state index in [2.05, 4.69) is 0 Å². The minimum absolute atomic E-state index is 0.187. The Morgan fingerprint density at radius 2 is 1.93 bits per heavy atom. The van der Waals surface area contributed by atoms with E-state index in [1.54, 1.807) is 31.2 Å². The maximum atomic E-state index is 11.4. The fraction of sp³-hybridized carbons (Fsp3) is 0.200. The molecule has 1 aliphatic heterocycles. The van der Waals surface area contributed by atoms with Gasteiger partial charge in [0.1, 0.15) is 0 Å². The molecule has 14 heavy (non-hydrogen) atoms. The Bertz CT molecular complexity index is 414. The molecule has 2 amide bonds. The lowest BCUT2D eigenvalue weighted by Crippen LogP contribution is -2.41. The van der Waals surface area contributed by atoms with Crippen LogP contribution in [0.25, 0.3) is 0 Å². The second-order valence-corrected chi connectivity index (χ2v) is 3.26. The van der Waals surface area contributed by atoms with Crippen molar-refractivity contribution in [1.29, 1.82) is 0 Å². The van der Waals surface area contributed by atoms with Crippen LogP contribution >= 0.6 is 0 Å². The van der Waals surface area contributed by atoms with E-state index in [9.17, 15) is 14.8 Å². The van der Waals surface area contributed by atoms with E-state index >= 15 is 0 Å². The zero-order chi connectivity index (χ0) is 10.3. The van der Waals surface area contributed by atoms with Crippen molar-refractivity contribution in [3.8, 4) is 0 Å². The van der Waals surface area contributed by atoms with Crippen molar-refractivity contribution in [3.05, 3.63) is 35.4 Å². The van der Waals surface area contributed by atoms with E-state index < -0.39 is 17.7 Å². The van der Waals surface area contributed by atoms with Crippen molar-refractivity contribution in [2.24, 2.45) is 0 Å². The molecule has 1 atom stereocenters. The monoisotopic (exact) mass is 191 g/mol. The Hall–Kier alpha value is -1.68. The molecule has 0 spiro atoms. The third-order valence-electron chi connectivity index (χ3n) is 2.43. The van der Waals surface area contributed by atoms with Gasteiger partial charge < -0.3 is 0 Å². The molecule has 0 fully saturated rings. The lowest BCUT2D eigenvalue weighted by molar-refractivity contribution is -0.156. The van der Waals surface area contributed by atoms with Crippen molar-refractivity contribution in [2.45, 2.75) is 12.8 Å². The minimum Gasteiger partial charge on any atom is -0.278 e. The second-order valence-electron chi connectivity index (χ2n) is 3.26. The molecular weight excluding hydrogens is 182 g/mol. The number of nitrogens with zero attached hydrogens (tertiary/aromatic N) is 1. The van der Waals surface area contributed by atoms with Gasteiger partial charge in [-0.3, -0.25) is 14.8 Å². The summed E-state index contributed by atoms with van der Waals surface area (Å²) in [6, 6.07) is 6.79. The van der Waals surface area contributed by atoms with Crippen LogP contribution in [0.5, 0.6) is 0 Å². The average molecular weight is 191 g/mol. The van der Waals surface area contributed by atoms with E-state index in [1.807, 2.05) is 0 Å². The summed E-state index contributed by atoms with van der Waals surface area (Å²) in [5, 5.41) is 9.39. The van der Waals surface area contributed by atoms with Crippen LogP contribution in [0.1, 0.15) is 28.8 Å². The van der Waals surface area contributed by atoms with Crippen LogP contribution in [0, 0.1) is 0 Å². The lowest BCUT2D eigenvalue weighted by Gasteiger charge is -2.25. The first kappa shape index (κ1) is 8.90. The number of benzene rings is 1. The van der Waals surface area contributed by atoms with Crippen molar-refractivity contribution < 1.29 is 14.8 Å². The summed E-state index contributed by atoms with van der Waals surface area (Å²) >= 11 is 0. The summed E-state index contributed by atoms with van der Waals surface area (Å²) in [5.74, 6) is -1.69. The quantitative estimate of drug-likeness (QED) is 0.494. The van der Waals surface area contributed by atoms with Gasteiger partial charge in [-0.2, -0.15) is 5.06 Å². The molecule has 2 rings (SSSR count). The van der Waals surface area contributed by atoms with Crippen LogP contribution in [-0.2, 0) is 4.79 Å². The fourth-order valence-corrected chi connectivity index (χ4v) is 1.60.